The highest BCUT2D eigenvalue weighted by Crippen LogP contribution is 2.28. The van der Waals surface area contributed by atoms with Gasteiger partial charge in [0.1, 0.15) is 5.82 Å². The molecule has 0 aliphatic heterocycles. The van der Waals surface area contributed by atoms with E-state index in [9.17, 15) is 10.1 Å². The first-order chi connectivity index (χ1) is 13.1. The Morgan fingerprint density at radius 1 is 0.926 bits per heavy atom. The van der Waals surface area contributed by atoms with E-state index in [0.717, 1.165) is 22.0 Å². The number of para-hydroxylation sites is 1. The first kappa shape index (κ1) is 16.7. The summed E-state index contributed by atoms with van der Waals surface area (Å²) in [5.41, 5.74) is 3.50. The number of benzene rings is 3. The van der Waals surface area contributed by atoms with E-state index in [1.54, 1.807) is 12.1 Å². The molecule has 0 aliphatic rings. The van der Waals surface area contributed by atoms with Gasteiger partial charge in [0, 0.05) is 28.8 Å². The van der Waals surface area contributed by atoms with Crippen molar-refractivity contribution in [1.29, 1.82) is 0 Å². The van der Waals surface area contributed by atoms with Gasteiger partial charge in [-0.3, -0.25) is 10.1 Å². The Morgan fingerprint density at radius 3 is 2.48 bits per heavy atom. The van der Waals surface area contributed by atoms with Gasteiger partial charge in [-0.15, -0.1) is 0 Å². The van der Waals surface area contributed by atoms with Crippen LogP contribution >= 0.6 is 0 Å². The van der Waals surface area contributed by atoms with Crippen LogP contribution in [0, 0.1) is 17.0 Å². The second-order valence-corrected chi connectivity index (χ2v) is 6.21. The van der Waals surface area contributed by atoms with Gasteiger partial charge < -0.3 is 5.32 Å². The number of nitro benzene ring substituents is 1. The van der Waals surface area contributed by atoms with Crippen molar-refractivity contribution in [3.63, 3.8) is 0 Å². The fourth-order valence-electron chi connectivity index (χ4n) is 2.84. The normalized spacial score (nSPS) is 10.7. The maximum atomic E-state index is 11.0. The molecule has 4 rings (SSSR count). The van der Waals surface area contributed by atoms with Crippen molar-refractivity contribution in [2.75, 3.05) is 5.32 Å². The van der Waals surface area contributed by atoms with Gasteiger partial charge in [0.05, 0.1) is 10.4 Å². The fourth-order valence-corrected chi connectivity index (χ4v) is 2.84. The summed E-state index contributed by atoms with van der Waals surface area (Å²) in [5, 5.41) is 15.1. The monoisotopic (exact) mass is 356 g/mol. The molecule has 6 nitrogen and oxygen atoms in total. The highest BCUT2D eigenvalue weighted by atomic mass is 16.6. The van der Waals surface area contributed by atoms with E-state index >= 15 is 0 Å². The molecular formula is C21H16N4O2. The minimum atomic E-state index is -0.416. The molecule has 3 aromatic carbocycles. The predicted molar refractivity (Wildman–Crippen MR) is 106 cm³/mol. The smallest absolute Gasteiger partial charge is 0.271 e. The van der Waals surface area contributed by atoms with Gasteiger partial charge >= 0.3 is 0 Å². The van der Waals surface area contributed by atoms with E-state index in [1.165, 1.54) is 12.1 Å². The zero-order chi connectivity index (χ0) is 18.8. The van der Waals surface area contributed by atoms with E-state index in [1.807, 2.05) is 55.5 Å². The molecule has 0 radical (unpaired) electrons. The Balaban J connectivity index is 1.82. The number of anilines is 2. The van der Waals surface area contributed by atoms with Crippen LogP contribution in [0.1, 0.15) is 5.56 Å². The molecular weight excluding hydrogens is 340 g/mol. The predicted octanol–water partition coefficient (Wildman–Crippen LogP) is 5.26. The Hall–Kier alpha value is -3.80. The summed E-state index contributed by atoms with van der Waals surface area (Å²) in [6, 6.07) is 22.0. The molecule has 0 unspecified atom stereocenters. The van der Waals surface area contributed by atoms with Gasteiger partial charge in [-0.05, 0) is 25.1 Å². The Kier molecular flexibility index (Phi) is 4.22. The molecule has 0 bridgehead atoms. The molecule has 27 heavy (non-hydrogen) atoms. The molecule has 4 aromatic rings. The van der Waals surface area contributed by atoms with Gasteiger partial charge in [-0.25, -0.2) is 9.97 Å². The number of hydrogen-bond acceptors (Lipinski definition) is 5. The summed E-state index contributed by atoms with van der Waals surface area (Å²) in [6.45, 7) is 2.03. The third-order valence-electron chi connectivity index (χ3n) is 4.23. The number of rotatable bonds is 4. The molecule has 0 saturated heterocycles. The summed E-state index contributed by atoms with van der Waals surface area (Å²) < 4.78 is 0. The lowest BCUT2D eigenvalue weighted by atomic mass is 10.1. The van der Waals surface area contributed by atoms with Gasteiger partial charge in [-0.1, -0.05) is 48.0 Å². The van der Waals surface area contributed by atoms with Crippen molar-refractivity contribution in [2.45, 2.75) is 6.92 Å². The van der Waals surface area contributed by atoms with Gasteiger partial charge in [0.2, 0.25) is 0 Å². The van der Waals surface area contributed by atoms with E-state index in [2.05, 4.69) is 15.3 Å². The third kappa shape index (κ3) is 3.46. The number of aryl methyl sites for hydroxylation is 1. The highest BCUT2D eigenvalue weighted by molar-refractivity contribution is 5.92. The largest absolute Gasteiger partial charge is 0.339 e. The number of aromatic nitrogens is 2. The molecule has 0 fully saturated rings. The zero-order valence-electron chi connectivity index (χ0n) is 14.6. The Bertz CT molecular complexity index is 1140. The van der Waals surface area contributed by atoms with E-state index in [-0.39, 0.29) is 5.69 Å². The summed E-state index contributed by atoms with van der Waals surface area (Å²) in [7, 11) is 0. The van der Waals surface area contributed by atoms with Crippen molar-refractivity contribution in [3.8, 4) is 11.4 Å². The highest BCUT2D eigenvalue weighted by Gasteiger charge is 2.11. The molecule has 0 atom stereocenters. The number of hydrogen-bond donors (Lipinski definition) is 1. The summed E-state index contributed by atoms with van der Waals surface area (Å²) in [6.07, 6.45) is 0. The number of nitro groups is 1. The average molecular weight is 356 g/mol. The number of nitrogens with zero attached hydrogens (tertiary/aromatic N) is 3. The SMILES string of the molecule is Cc1ccc(-c2nc(Nc3cccc([N+](=O)[O-])c3)c3ccccc3n2)cc1. The van der Waals surface area contributed by atoms with Crippen LogP contribution in [0.25, 0.3) is 22.3 Å². The van der Waals surface area contributed by atoms with Gasteiger partial charge in [0.15, 0.2) is 5.82 Å². The van der Waals surface area contributed by atoms with Crippen LogP contribution in [0.4, 0.5) is 17.2 Å². The topological polar surface area (TPSA) is 81.0 Å². The van der Waals surface area contributed by atoms with Crippen molar-refractivity contribution >= 4 is 28.1 Å². The first-order valence-corrected chi connectivity index (χ1v) is 8.45. The van der Waals surface area contributed by atoms with Gasteiger partial charge in [-0.2, -0.15) is 0 Å². The summed E-state index contributed by atoms with van der Waals surface area (Å²) >= 11 is 0. The first-order valence-electron chi connectivity index (χ1n) is 8.45. The molecule has 1 aromatic heterocycles. The van der Waals surface area contributed by atoms with E-state index in [0.29, 0.717) is 17.3 Å². The molecule has 1 N–H and O–H groups in total. The van der Waals surface area contributed by atoms with Crippen molar-refractivity contribution in [3.05, 3.63) is 88.5 Å². The van der Waals surface area contributed by atoms with Crippen LogP contribution in [-0.4, -0.2) is 14.9 Å². The second kappa shape index (κ2) is 6.84. The number of nitrogens with one attached hydrogen (secondary N) is 1. The van der Waals surface area contributed by atoms with Crippen LogP contribution in [0.5, 0.6) is 0 Å². The standard InChI is InChI=1S/C21H16N4O2/c1-14-9-11-15(12-10-14)20-23-19-8-3-2-7-18(19)21(24-20)22-16-5-4-6-17(13-16)25(26)27/h2-13H,1H3,(H,22,23,24). The van der Waals surface area contributed by atoms with Crippen molar-refractivity contribution in [2.24, 2.45) is 0 Å². The second-order valence-electron chi connectivity index (χ2n) is 6.21. The zero-order valence-corrected chi connectivity index (χ0v) is 14.6. The minimum Gasteiger partial charge on any atom is -0.339 e. The van der Waals surface area contributed by atoms with E-state index < -0.39 is 4.92 Å². The lowest BCUT2D eigenvalue weighted by molar-refractivity contribution is -0.384. The van der Waals surface area contributed by atoms with Gasteiger partial charge in [0.25, 0.3) is 5.69 Å². The third-order valence-corrected chi connectivity index (χ3v) is 4.23. The molecule has 0 amide bonds. The lowest BCUT2D eigenvalue weighted by Crippen LogP contribution is -2.00. The molecule has 0 aliphatic carbocycles. The minimum absolute atomic E-state index is 0.0251. The van der Waals surface area contributed by atoms with Crippen LogP contribution in [0.15, 0.2) is 72.8 Å². The van der Waals surface area contributed by atoms with Crippen LogP contribution in [0.2, 0.25) is 0 Å². The molecule has 132 valence electrons. The summed E-state index contributed by atoms with van der Waals surface area (Å²) in [5.74, 6) is 1.21. The van der Waals surface area contributed by atoms with Crippen LogP contribution in [0.3, 0.4) is 0 Å². The average Bonchev–Trinajstić information content (AvgIpc) is 2.68. The molecule has 6 heteroatoms. The fraction of sp³-hybridized carbons (Fsp3) is 0.0476. The summed E-state index contributed by atoms with van der Waals surface area (Å²) in [4.78, 5) is 20.0. The Morgan fingerprint density at radius 2 is 1.70 bits per heavy atom. The molecule has 1 heterocycles. The number of fused-ring (bicyclic) bond motifs is 1. The quantitative estimate of drug-likeness (QED) is 0.398. The maximum absolute atomic E-state index is 11.0. The number of non-ortho nitro benzene ring substituents is 1. The molecule has 0 saturated carbocycles. The van der Waals surface area contributed by atoms with E-state index in [4.69, 9.17) is 0 Å². The van der Waals surface area contributed by atoms with Crippen molar-refractivity contribution < 1.29 is 4.92 Å². The maximum Gasteiger partial charge on any atom is 0.271 e. The van der Waals surface area contributed by atoms with Crippen LogP contribution in [-0.2, 0) is 0 Å². The lowest BCUT2D eigenvalue weighted by Gasteiger charge is -2.11. The molecule has 0 spiro atoms. The van der Waals surface area contributed by atoms with Crippen molar-refractivity contribution in [1.82, 2.24) is 9.97 Å². The Labute approximate surface area is 155 Å². The van der Waals surface area contributed by atoms with Crippen LogP contribution < -0.4 is 5.32 Å².